The second kappa shape index (κ2) is 6.95. The predicted molar refractivity (Wildman–Crippen MR) is 101 cm³/mol. The van der Waals surface area contributed by atoms with Crippen LogP contribution >= 0.6 is 0 Å². The number of benzene rings is 1. The molecule has 0 spiro atoms. The lowest BCUT2D eigenvalue weighted by Crippen LogP contribution is -2.25. The average molecular weight is 341 g/mol. The van der Waals surface area contributed by atoms with Crippen LogP contribution in [-0.2, 0) is 4.79 Å². The molecule has 1 fully saturated rings. The van der Waals surface area contributed by atoms with Gasteiger partial charge in [-0.3, -0.25) is 4.79 Å². The SMILES string of the molecule is CCOc1c(/C(C)=C/C(=O)N2CCCC2)cc2c(C)c(C)oc2c1C. The topological polar surface area (TPSA) is 42.7 Å². The summed E-state index contributed by atoms with van der Waals surface area (Å²) in [5.74, 6) is 1.83. The van der Waals surface area contributed by atoms with Crippen molar-refractivity contribution in [3.63, 3.8) is 0 Å². The van der Waals surface area contributed by atoms with Crippen LogP contribution in [0.1, 0.15) is 49.1 Å². The minimum absolute atomic E-state index is 0.0929. The summed E-state index contributed by atoms with van der Waals surface area (Å²) in [6, 6.07) is 2.10. The van der Waals surface area contributed by atoms with E-state index in [1.807, 2.05) is 32.6 Å². The third-order valence-corrected chi connectivity index (χ3v) is 5.12. The molecule has 0 bridgehead atoms. The van der Waals surface area contributed by atoms with Gasteiger partial charge in [-0.2, -0.15) is 0 Å². The summed E-state index contributed by atoms with van der Waals surface area (Å²) < 4.78 is 11.9. The molecule has 4 nitrogen and oxygen atoms in total. The largest absolute Gasteiger partial charge is 0.493 e. The number of nitrogens with zero attached hydrogens (tertiary/aromatic N) is 1. The highest BCUT2D eigenvalue weighted by Crippen LogP contribution is 2.38. The Morgan fingerprint density at radius 3 is 2.56 bits per heavy atom. The first-order valence-corrected chi connectivity index (χ1v) is 9.07. The lowest BCUT2D eigenvalue weighted by atomic mass is 9.98. The molecule has 1 aliphatic heterocycles. The summed E-state index contributed by atoms with van der Waals surface area (Å²) in [5.41, 5.74) is 4.92. The van der Waals surface area contributed by atoms with E-state index in [-0.39, 0.29) is 5.91 Å². The molecule has 1 amide bonds. The van der Waals surface area contributed by atoms with Crippen LogP contribution in [0.3, 0.4) is 0 Å². The van der Waals surface area contributed by atoms with Crippen LogP contribution in [0.25, 0.3) is 16.5 Å². The van der Waals surface area contributed by atoms with Gasteiger partial charge >= 0.3 is 0 Å². The maximum Gasteiger partial charge on any atom is 0.246 e. The normalized spacial score (nSPS) is 15.2. The Kier molecular flexibility index (Phi) is 4.89. The van der Waals surface area contributed by atoms with Crippen LogP contribution in [-0.4, -0.2) is 30.5 Å². The second-order valence-corrected chi connectivity index (χ2v) is 6.83. The van der Waals surface area contributed by atoms with Crippen molar-refractivity contribution >= 4 is 22.4 Å². The number of fused-ring (bicyclic) bond motifs is 1. The van der Waals surface area contributed by atoms with Gasteiger partial charge in [-0.1, -0.05) is 0 Å². The van der Waals surface area contributed by atoms with Gasteiger partial charge in [0.15, 0.2) is 0 Å². The number of carbonyl (C=O) groups excluding carboxylic acids is 1. The summed E-state index contributed by atoms with van der Waals surface area (Å²) in [4.78, 5) is 14.4. The molecule has 0 saturated carbocycles. The van der Waals surface area contributed by atoms with Gasteiger partial charge in [0.25, 0.3) is 0 Å². The molecule has 1 aliphatic rings. The van der Waals surface area contributed by atoms with Gasteiger partial charge in [-0.05, 0) is 64.7 Å². The highest BCUT2D eigenvalue weighted by Gasteiger charge is 2.20. The van der Waals surface area contributed by atoms with Crippen LogP contribution in [0.2, 0.25) is 0 Å². The van der Waals surface area contributed by atoms with Gasteiger partial charge in [0.05, 0.1) is 6.61 Å². The number of amides is 1. The smallest absolute Gasteiger partial charge is 0.246 e. The zero-order valence-electron chi connectivity index (χ0n) is 15.9. The number of rotatable bonds is 4. The van der Waals surface area contributed by atoms with Crippen LogP contribution in [0.5, 0.6) is 5.75 Å². The van der Waals surface area contributed by atoms with Crippen LogP contribution in [0.15, 0.2) is 16.6 Å². The van der Waals surface area contributed by atoms with Crippen LogP contribution < -0.4 is 4.74 Å². The van der Waals surface area contributed by atoms with E-state index in [4.69, 9.17) is 9.15 Å². The average Bonchev–Trinajstić information content (AvgIpc) is 3.20. The summed E-state index contributed by atoms with van der Waals surface area (Å²) in [5, 5.41) is 1.09. The molecule has 2 heterocycles. The molecule has 0 radical (unpaired) electrons. The molecular weight excluding hydrogens is 314 g/mol. The third-order valence-electron chi connectivity index (χ3n) is 5.12. The Balaban J connectivity index is 2.10. The Labute approximate surface area is 149 Å². The van der Waals surface area contributed by atoms with E-state index in [1.54, 1.807) is 6.08 Å². The molecule has 1 aromatic heterocycles. The number of likely N-dealkylation sites (tertiary alicyclic amines) is 1. The Morgan fingerprint density at radius 1 is 1.24 bits per heavy atom. The van der Waals surface area contributed by atoms with Crippen LogP contribution in [0.4, 0.5) is 0 Å². The van der Waals surface area contributed by atoms with Gasteiger partial charge < -0.3 is 14.1 Å². The van der Waals surface area contributed by atoms with Gasteiger partial charge in [0.1, 0.15) is 17.1 Å². The summed E-state index contributed by atoms with van der Waals surface area (Å²) in [6.45, 7) is 12.3. The first kappa shape index (κ1) is 17.6. The molecule has 0 N–H and O–H groups in total. The third kappa shape index (κ3) is 3.17. The fourth-order valence-electron chi connectivity index (χ4n) is 3.53. The summed E-state index contributed by atoms with van der Waals surface area (Å²) in [6.07, 6.45) is 3.94. The molecule has 4 heteroatoms. The zero-order chi connectivity index (χ0) is 18.1. The van der Waals surface area contributed by atoms with Gasteiger partial charge in [-0.15, -0.1) is 0 Å². The van der Waals surface area contributed by atoms with E-state index in [1.165, 1.54) is 0 Å². The second-order valence-electron chi connectivity index (χ2n) is 6.83. The number of furan rings is 1. The Hall–Kier alpha value is -2.23. The van der Waals surface area contributed by atoms with Crippen molar-refractivity contribution < 1.29 is 13.9 Å². The first-order chi connectivity index (χ1) is 11.9. The summed E-state index contributed by atoms with van der Waals surface area (Å²) >= 11 is 0. The van der Waals surface area contributed by atoms with Crippen molar-refractivity contribution in [3.8, 4) is 5.75 Å². The standard InChI is InChI=1S/C21H27NO3/c1-6-24-20-15(4)21-18(14(3)16(5)25-21)12-17(20)13(2)11-19(23)22-9-7-8-10-22/h11-12H,6-10H2,1-5H3/b13-11+. The molecule has 1 aromatic carbocycles. The molecule has 134 valence electrons. The molecule has 3 rings (SSSR count). The molecule has 1 saturated heterocycles. The van der Waals surface area contributed by atoms with Gasteiger partial charge in [0.2, 0.25) is 5.91 Å². The van der Waals surface area contributed by atoms with Crippen molar-refractivity contribution in [3.05, 3.63) is 34.6 Å². The van der Waals surface area contributed by atoms with Crippen molar-refractivity contribution in [2.45, 2.75) is 47.5 Å². The maximum atomic E-state index is 12.5. The van der Waals surface area contributed by atoms with Crippen molar-refractivity contribution in [2.75, 3.05) is 19.7 Å². The predicted octanol–water partition coefficient (Wildman–Crippen LogP) is 4.78. The highest BCUT2D eigenvalue weighted by atomic mass is 16.5. The van der Waals surface area contributed by atoms with E-state index in [2.05, 4.69) is 13.0 Å². The monoisotopic (exact) mass is 341 g/mol. The molecule has 25 heavy (non-hydrogen) atoms. The fraction of sp³-hybridized carbons (Fsp3) is 0.476. The quantitative estimate of drug-likeness (QED) is 0.752. The number of aryl methyl sites for hydroxylation is 3. The van der Waals surface area contributed by atoms with Gasteiger partial charge in [0, 0.05) is 35.7 Å². The maximum absolute atomic E-state index is 12.5. The molecule has 2 aromatic rings. The number of allylic oxidation sites excluding steroid dienone is 1. The zero-order valence-corrected chi connectivity index (χ0v) is 15.9. The van der Waals surface area contributed by atoms with E-state index < -0.39 is 0 Å². The van der Waals surface area contributed by atoms with E-state index in [0.717, 1.165) is 70.7 Å². The number of hydrogen-bond donors (Lipinski definition) is 0. The van der Waals surface area contributed by atoms with E-state index in [0.29, 0.717) is 6.61 Å². The number of carbonyl (C=O) groups is 1. The lowest BCUT2D eigenvalue weighted by Gasteiger charge is -2.16. The molecule has 0 unspecified atom stereocenters. The molecular formula is C21H27NO3. The van der Waals surface area contributed by atoms with Crippen molar-refractivity contribution in [1.29, 1.82) is 0 Å². The van der Waals surface area contributed by atoms with E-state index in [9.17, 15) is 4.79 Å². The molecule has 0 aliphatic carbocycles. The summed E-state index contributed by atoms with van der Waals surface area (Å²) in [7, 11) is 0. The van der Waals surface area contributed by atoms with Gasteiger partial charge in [-0.25, -0.2) is 0 Å². The number of hydrogen-bond acceptors (Lipinski definition) is 3. The van der Waals surface area contributed by atoms with Crippen molar-refractivity contribution in [1.82, 2.24) is 4.90 Å². The van der Waals surface area contributed by atoms with Crippen molar-refractivity contribution in [2.24, 2.45) is 0 Å². The van der Waals surface area contributed by atoms with E-state index >= 15 is 0 Å². The Bertz CT molecular complexity index is 839. The molecule has 0 atom stereocenters. The lowest BCUT2D eigenvalue weighted by molar-refractivity contribution is -0.124. The fourth-order valence-corrected chi connectivity index (χ4v) is 3.53. The Morgan fingerprint density at radius 2 is 1.92 bits per heavy atom. The number of ether oxygens (including phenoxy) is 1. The first-order valence-electron chi connectivity index (χ1n) is 9.07. The minimum Gasteiger partial charge on any atom is -0.493 e. The highest BCUT2D eigenvalue weighted by molar-refractivity contribution is 5.98. The minimum atomic E-state index is 0.0929. The van der Waals surface area contributed by atoms with Crippen LogP contribution in [0, 0.1) is 20.8 Å².